The maximum Gasteiger partial charge on any atom is 0.118 e. The molecule has 0 spiro atoms. The molecule has 4 heteroatoms. The maximum atomic E-state index is 8.59. The number of thiazole rings is 1. The fourth-order valence-electron chi connectivity index (χ4n) is 1.74. The van der Waals surface area contributed by atoms with Crippen LogP contribution in [0.3, 0.4) is 0 Å². The minimum Gasteiger partial charge on any atom is -0.497 e. The van der Waals surface area contributed by atoms with Crippen LogP contribution in [0.4, 0.5) is 0 Å². The largest absolute Gasteiger partial charge is 0.497 e. The Balaban J connectivity index is 2.26. The summed E-state index contributed by atoms with van der Waals surface area (Å²) in [5.41, 5.74) is 2.10. The molecule has 0 aliphatic heterocycles. The highest BCUT2D eigenvalue weighted by atomic mass is 32.1. The first-order valence-corrected chi connectivity index (χ1v) is 6.54. The van der Waals surface area contributed by atoms with Gasteiger partial charge in [0, 0.05) is 23.3 Å². The molecule has 0 bridgehead atoms. The Kier molecular flexibility index (Phi) is 3.96. The monoisotopic (exact) mass is 258 g/mol. The summed E-state index contributed by atoms with van der Waals surface area (Å²) in [6.07, 6.45) is 1.26. The van der Waals surface area contributed by atoms with E-state index in [9.17, 15) is 0 Å². The maximum absolute atomic E-state index is 8.59. The van der Waals surface area contributed by atoms with Crippen LogP contribution in [0, 0.1) is 18.3 Å². The predicted molar refractivity (Wildman–Crippen MR) is 72.8 cm³/mol. The minimum absolute atomic E-state index is 0.523. The van der Waals surface area contributed by atoms with Gasteiger partial charge < -0.3 is 4.74 Å². The van der Waals surface area contributed by atoms with E-state index in [1.165, 1.54) is 4.88 Å². The number of nitriles is 1. The van der Waals surface area contributed by atoms with E-state index < -0.39 is 0 Å². The van der Waals surface area contributed by atoms with Crippen LogP contribution in [-0.4, -0.2) is 12.1 Å². The number of aromatic nitrogens is 1. The Morgan fingerprint density at radius 1 is 1.33 bits per heavy atom. The van der Waals surface area contributed by atoms with Crippen molar-refractivity contribution in [2.45, 2.75) is 19.8 Å². The van der Waals surface area contributed by atoms with Crippen molar-refractivity contribution >= 4 is 11.3 Å². The minimum atomic E-state index is 0.523. The van der Waals surface area contributed by atoms with Gasteiger partial charge in [0.25, 0.3) is 0 Å². The first-order valence-electron chi connectivity index (χ1n) is 5.72. The number of benzene rings is 1. The molecule has 0 aliphatic rings. The molecule has 0 saturated carbocycles. The van der Waals surface area contributed by atoms with Crippen molar-refractivity contribution in [2.75, 3.05) is 7.11 Å². The van der Waals surface area contributed by atoms with Gasteiger partial charge in [-0.05, 0) is 31.2 Å². The lowest BCUT2D eigenvalue weighted by Crippen LogP contribution is -1.85. The zero-order valence-electron chi connectivity index (χ0n) is 10.4. The first-order chi connectivity index (χ1) is 8.74. The second kappa shape index (κ2) is 5.65. The zero-order valence-corrected chi connectivity index (χ0v) is 11.3. The van der Waals surface area contributed by atoms with Gasteiger partial charge in [0.15, 0.2) is 0 Å². The third kappa shape index (κ3) is 2.69. The number of rotatable bonds is 4. The van der Waals surface area contributed by atoms with Crippen molar-refractivity contribution in [2.24, 2.45) is 0 Å². The van der Waals surface area contributed by atoms with Gasteiger partial charge in [-0.3, -0.25) is 0 Å². The molecule has 0 saturated heterocycles. The van der Waals surface area contributed by atoms with E-state index in [1.54, 1.807) is 18.4 Å². The molecule has 18 heavy (non-hydrogen) atoms. The van der Waals surface area contributed by atoms with Gasteiger partial charge in [-0.25, -0.2) is 4.98 Å². The smallest absolute Gasteiger partial charge is 0.118 e. The predicted octanol–water partition coefficient (Wildman–Crippen LogP) is 3.58. The highest BCUT2D eigenvalue weighted by Gasteiger charge is 2.09. The molecule has 1 aromatic carbocycles. The Morgan fingerprint density at radius 3 is 2.67 bits per heavy atom. The van der Waals surface area contributed by atoms with Crippen LogP contribution in [0.5, 0.6) is 5.75 Å². The van der Waals surface area contributed by atoms with Gasteiger partial charge in [-0.15, -0.1) is 11.3 Å². The molecule has 0 unspecified atom stereocenters. The van der Waals surface area contributed by atoms with Crippen molar-refractivity contribution < 1.29 is 4.74 Å². The summed E-state index contributed by atoms with van der Waals surface area (Å²) in [4.78, 5) is 5.79. The number of hydrogen-bond acceptors (Lipinski definition) is 4. The van der Waals surface area contributed by atoms with Crippen LogP contribution in [0.15, 0.2) is 24.3 Å². The van der Waals surface area contributed by atoms with Crippen molar-refractivity contribution in [3.63, 3.8) is 0 Å². The van der Waals surface area contributed by atoms with E-state index in [-0.39, 0.29) is 0 Å². The van der Waals surface area contributed by atoms with Crippen LogP contribution >= 0.6 is 11.3 Å². The molecule has 92 valence electrons. The summed E-state index contributed by atoms with van der Waals surface area (Å²) >= 11 is 1.67. The average molecular weight is 258 g/mol. The molecule has 2 aromatic rings. The van der Waals surface area contributed by atoms with Gasteiger partial charge in [0.1, 0.15) is 5.75 Å². The third-order valence-electron chi connectivity index (χ3n) is 2.66. The van der Waals surface area contributed by atoms with Crippen LogP contribution in [0.1, 0.15) is 16.3 Å². The fourth-order valence-corrected chi connectivity index (χ4v) is 2.69. The molecular weight excluding hydrogens is 244 g/mol. The van der Waals surface area contributed by atoms with E-state index in [1.807, 2.05) is 24.3 Å². The molecule has 3 nitrogen and oxygen atoms in total. The molecule has 0 aliphatic carbocycles. The van der Waals surface area contributed by atoms with Gasteiger partial charge >= 0.3 is 0 Å². The molecule has 0 N–H and O–H groups in total. The van der Waals surface area contributed by atoms with Crippen LogP contribution in [-0.2, 0) is 6.42 Å². The van der Waals surface area contributed by atoms with E-state index in [2.05, 4.69) is 18.0 Å². The number of hydrogen-bond donors (Lipinski definition) is 0. The topological polar surface area (TPSA) is 45.9 Å². The average Bonchev–Trinajstić information content (AvgIpc) is 2.78. The highest BCUT2D eigenvalue weighted by molar-refractivity contribution is 7.12. The Bertz CT molecular complexity index is 566. The number of ether oxygens (including phenoxy) is 1. The lowest BCUT2D eigenvalue weighted by atomic mass is 10.1. The zero-order chi connectivity index (χ0) is 13.0. The molecule has 0 fully saturated rings. The third-order valence-corrected chi connectivity index (χ3v) is 3.69. The molecule has 1 aromatic heterocycles. The van der Waals surface area contributed by atoms with Crippen molar-refractivity contribution in [1.82, 2.24) is 4.98 Å². The second-order valence-electron chi connectivity index (χ2n) is 3.90. The number of nitrogens with zero attached hydrogens (tertiary/aromatic N) is 2. The van der Waals surface area contributed by atoms with Gasteiger partial charge in [0.05, 0.1) is 23.9 Å². The normalized spacial score (nSPS) is 10.1. The summed E-state index contributed by atoms with van der Waals surface area (Å²) in [7, 11) is 1.66. The van der Waals surface area contributed by atoms with Gasteiger partial charge in [-0.1, -0.05) is 0 Å². The molecular formula is C14H14N2OS. The first kappa shape index (κ1) is 12.6. The van der Waals surface area contributed by atoms with E-state index in [0.29, 0.717) is 6.42 Å². The summed E-state index contributed by atoms with van der Waals surface area (Å²) in [6, 6.07) is 10.0. The standard InChI is InChI=1S/C14H14N2OS/c1-10-14(16-13(18-10)4-3-9-15)11-5-7-12(17-2)8-6-11/h5-8H,3-4H2,1-2H3. The Hall–Kier alpha value is -1.86. The summed E-state index contributed by atoms with van der Waals surface area (Å²) in [6.45, 7) is 2.06. The summed E-state index contributed by atoms with van der Waals surface area (Å²) in [5.74, 6) is 0.844. The van der Waals surface area contributed by atoms with Gasteiger partial charge in [0.2, 0.25) is 0 Å². The molecule has 0 amide bonds. The lowest BCUT2D eigenvalue weighted by Gasteiger charge is -2.01. The van der Waals surface area contributed by atoms with Crippen molar-refractivity contribution in [3.8, 4) is 23.1 Å². The van der Waals surface area contributed by atoms with Crippen LogP contribution < -0.4 is 4.74 Å². The Morgan fingerprint density at radius 2 is 2.06 bits per heavy atom. The van der Waals surface area contributed by atoms with Crippen molar-refractivity contribution in [3.05, 3.63) is 34.2 Å². The van der Waals surface area contributed by atoms with E-state index >= 15 is 0 Å². The molecule has 1 heterocycles. The van der Waals surface area contributed by atoms with Crippen molar-refractivity contribution in [1.29, 1.82) is 5.26 Å². The van der Waals surface area contributed by atoms with E-state index in [4.69, 9.17) is 10.00 Å². The second-order valence-corrected chi connectivity index (χ2v) is 5.19. The number of aryl methyl sites for hydroxylation is 2. The lowest BCUT2D eigenvalue weighted by molar-refractivity contribution is 0.415. The summed E-state index contributed by atoms with van der Waals surface area (Å²) < 4.78 is 5.14. The quantitative estimate of drug-likeness (QED) is 0.842. The van der Waals surface area contributed by atoms with Crippen LogP contribution in [0.2, 0.25) is 0 Å². The molecule has 0 atom stereocenters. The highest BCUT2D eigenvalue weighted by Crippen LogP contribution is 2.29. The number of methoxy groups -OCH3 is 1. The SMILES string of the molecule is COc1ccc(-c2nc(CCC#N)sc2C)cc1. The Labute approximate surface area is 111 Å². The van der Waals surface area contributed by atoms with Gasteiger partial charge in [-0.2, -0.15) is 5.26 Å². The summed E-state index contributed by atoms with van der Waals surface area (Å²) in [5, 5.41) is 9.62. The fraction of sp³-hybridized carbons (Fsp3) is 0.286. The molecule has 0 radical (unpaired) electrons. The van der Waals surface area contributed by atoms with Crippen LogP contribution in [0.25, 0.3) is 11.3 Å². The molecule has 2 rings (SSSR count). The van der Waals surface area contributed by atoms with E-state index in [0.717, 1.165) is 28.4 Å².